The lowest BCUT2D eigenvalue weighted by atomic mass is 9.96. The minimum atomic E-state index is -0.564. The molecule has 3 heterocycles. The second kappa shape index (κ2) is 9.63. The van der Waals surface area contributed by atoms with E-state index in [0.29, 0.717) is 51.3 Å². The summed E-state index contributed by atoms with van der Waals surface area (Å²) >= 11 is 0. The summed E-state index contributed by atoms with van der Waals surface area (Å²) in [6, 6.07) is 10.5. The lowest BCUT2D eigenvalue weighted by molar-refractivity contribution is 0.443. The summed E-state index contributed by atoms with van der Waals surface area (Å²) < 4.78 is 15.8. The first-order chi connectivity index (χ1) is 18.5. The average molecular weight is 524 g/mol. The van der Waals surface area contributed by atoms with Crippen molar-refractivity contribution in [2.24, 2.45) is 5.41 Å². The monoisotopic (exact) mass is 523 g/mol. The molecule has 1 fully saturated rings. The summed E-state index contributed by atoms with van der Waals surface area (Å²) in [5.41, 5.74) is 4.31. The molecular weight excluding hydrogens is 493 g/mol. The van der Waals surface area contributed by atoms with E-state index in [0.717, 1.165) is 18.4 Å². The number of halogens is 1. The van der Waals surface area contributed by atoms with Crippen LogP contribution in [0.3, 0.4) is 0 Å². The number of nitrogens with one attached hydrogen (secondary N) is 2. The standard InChI is InChI=1S/C29H30FN9/c1-17-21(6-7-24(30)35-17)27(23-15-39(38-37-23)29(5)8-9-29)36-20-10-18(12-31)25-22(11-20)26(19(13-32)14-33-25)34-16-28(2,3)4/h6-7,10-11,14-15,27,36H,8-9,16H2,1-5H3,(H,33,34). The van der Waals surface area contributed by atoms with Crippen LogP contribution in [0.25, 0.3) is 10.9 Å². The van der Waals surface area contributed by atoms with Gasteiger partial charge >= 0.3 is 0 Å². The van der Waals surface area contributed by atoms with Gasteiger partial charge in [0, 0.05) is 35.1 Å². The Labute approximate surface area is 226 Å². The Morgan fingerprint density at radius 3 is 2.54 bits per heavy atom. The Bertz CT molecular complexity index is 1650. The van der Waals surface area contributed by atoms with Crippen molar-refractivity contribution in [1.82, 2.24) is 25.0 Å². The molecule has 39 heavy (non-hydrogen) atoms. The van der Waals surface area contributed by atoms with Crippen LogP contribution in [0.15, 0.2) is 36.7 Å². The molecule has 5 rings (SSSR count). The summed E-state index contributed by atoms with van der Waals surface area (Å²) in [6.45, 7) is 10.8. The summed E-state index contributed by atoms with van der Waals surface area (Å²) in [5, 5.41) is 36.2. The van der Waals surface area contributed by atoms with E-state index >= 15 is 0 Å². The number of benzene rings is 1. The van der Waals surface area contributed by atoms with Gasteiger partial charge in [-0.15, -0.1) is 5.10 Å². The normalized spacial score (nSPS) is 14.9. The minimum Gasteiger partial charge on any atom is -0.383 e. The van der Waals surface area contributed by atoms with Gasteiger partial charge in [-0.3, -0.25) is 4.98 Å². The summed E-state index contributed by atoms with van der Waals surface area (Å²) in [4.78, 5) is 8.46. The number of nitrogens with zero attached hydrogens (tertiary/aromatic N) is 7. The maximum absolute atomic E-state index is 13.9. The average Bonchev–Trinajstić information content (AvgIpc) is 3.43. The number of aromatic nitrogens is 5. The number of anilines is 2. The zero-order valence-corrected chi connectivity index (χ0v) is 22.7. The first-order valence-corrected chi connectivity index (χ1v) is 12.8. The van der Waals surface area contributed by atoms with Crippen LogP contribution >= 0.6 is 0 Å². The van der Waals surface area contributed by atoms with Crippen LogP contribution in [0.4, 0.5) is 15.8 Å². The Morgan fingerprint density at radius 1 is 1.15 bits per heavy atom. The summed E-state index contributed by atoms with van der Waals surface area (Å²) in [7, 11) is 0. The van der Waals surface area contributed by atoms with Gasteiger partial charge < -0.3 is 10.6 Å². The fourth-order valence-electron chi connectivity index (χ4n) is 4.51. The number of hydrogen-bond donors (Lipinski definition) is 2. The van der Waals surface area contributed by atoms with Crippen LogP contribution in [0.5, 0.6) is 0 Å². The van der Waals surface area contributed by atoms with Crippen molar-refractivity contribution in [3.05, 3.63) is 70.7 Å². The second-order valence-electron chi connectivity index (χ2n) is 11.6. The smallest absolute Gasteiger partial charge is 0.213 e. The molecule has 0 radical (unpaired) electrons. The fraction of sp³-hybridized carbons (Fsp3) is 0.379. The molecule has 1 aliphatic carbocycles. The SMILES string of the molecule is Cc1nc(F)ccc1C(Nc1cc(C#N)c2ncc(C#N)c(NCC(C)(C)C)c2c1)c1cn(C2(C)CC2)nn1. The first kappa shape index (κ1) is 26.1. The van der Waals surface area contributed by atoms with Gasteiger partial charge in [-0.05, 0) is 50.3 Å². The summed E-state index contributed by atoms with van der Waals surface area (Å²) in [5.74, 6) is -0.564. The maximum atomic E-state index is 13.9. The van der Waals surface area contributed by atoms with E-state index in [-0.39, 0.29) is 11.0 Å². The highest BCUT2D eigenvalue weighted by molar-refractivity contribution is 5.99. The molecule has 1 saturated carbocycles. The van der Waals surface area contributed by atoms with Gasteiger partial charge in [-0.2, -0.15) is 14.9 Å². The highest BCUT2D eigenvalue weighted by Gasteiger charge is 2.41. The Balaban J connectivity index is 1.64. The number of fused-ring (bicyclic) bond motifs is 1. The predicted octanol–water partition coefficient (Wildman–Crippen LogP) is 5.58. The number of aryl methyl sites for hydroxylation is 1. The van der Waals surface area contributed by atoms with E-state index in [1.807, 2.05) is 16.9 Å². The molecule has 0 amide bonds. The van der Waals surface area contributed by atoms with E-state index in [2.05, 4.69) is 70.7 Å². The van der Waals surface area contributed by atoms with Crippen molar-refractivity contribution in [3.63, 3.8) is 0 Å². The van der Waals surface area contributed by atoms with Crippen LogP contribution in [0.1, 0.15) is 74.7 Å². The van der Waals surface area contributed by atoms with E-state index in [1.54, 1.807) is 19.1 Å². The molecular formula is C29H30FN9. The molecule has 10 heteroatoms. The van der Waals surface area contributed by atoms with Gasteiger partial charge in [0.2, 0.25) is 5.95 Å². The van der Waals surface area contributed by atoms with Gasteiger partial charge in [0.25, 0.3) is 0 Å². The molecule has 0 aliphatic heterocycles. The quantitative estimate of drug-likeness (QED) is 0.300. The van der Waals surface area contributed by atoms with Gasteiger partial charge in [-0.25, -0.2) is 9.67 Å². The van der Waals surface area contributed by atoms with Crippen LogP contribution in [0, 0.1) is 40.9 Å². The molecule has 198 valence electrons. The van der Waals surface area contributed by atoms with E-state index in [4.69, 9.17) is 0 Å². The molecule has 9 nitrogen and oxygen atoms in total. The number of pyridine rings is 2. The van der Waals surface area contributed by atoms with Crippen molar-refractivity contribution in [3.8, 4) is 12.1 Å². The molecule has 4 aromatic rings. The molecule has 3 aromatic heterocycles. The van der Waals surface area contributed by atoms with Gasteiger partial charge in [0.15, 0.2) is 0 Å². The molecule has 2 N–H and O–H groups in total. The third kappa shape index (κ3) is 5.23. The maximum Gasteiger partial charge on any atom is 0.213 e. The molecule has 0 bridgehead atoms. The van der Waals surface area contributed by atoms with Crippen molar-refractivity contribution in [2.45, 2.75) is 59.0 Å². The van der Waals surface area contributed by atoms with E-state index < -0.39 is 12.0 Å². The van der Waals surface area contributed by atoms with Crippen LogP contribution in [0.2, 0.25) is 0 Å². The van der Waals surface area contributed by atoms with Crippen molar-refractivity contribution in [2.75, 3.05) is 17.2 Å². The first-order valence-electron chi connectivity index (χ1n) is 12.8. The molecule has 1 aliphatic rings. The Kier molecular flexibility index (Phi) is 6.43. The van der Waals surface area contributed by atoms with Crippen molar-refractivity contribution >= 4 is 22.3 Å². The minimum absolute atomic E-state index is 0.0432. The molecule has 1 atom stereocenters. The van der Waals surface area contributed by atoms with E-state index in [1.165, 1.54) is 12.3 Å². The fourth-order valence-corrected chi connectivity index (χ4v) is 4.51. The van der Waals surface area contributed by atoms with Crippen LogP contribution < -0.4 is 10.6 Å². The third-order valence-corrected chi connectivity index (χ3v) is 7.06. The van der Waals surface area contributed by atoms with Crippen LogP contribution in [-0.2, 0) is 5.54 Å². The highest BCUT2D eigenvalue weighted by Crippen LogP contribution is 2.42. The van der Waals surface area contributed by atoms with Crippen LogP contribution in [-0.4, -0.2) is 31.5 Å². The highest BCUT2D eigenvalue weighted by atomic mass is 19.1. The predicted molar refractivity (Wildman–Crippen MR) is 146 cm³/mol. The lowest BCUT2D eigenvalue weighted by Gasteiger charge is -2.23. The number of nitriles is 2. The van der Waals surface area contributed by atoms with Crippen molar-refractivity contribution < 1.29 is 4.39 Å². The van der Waals surface area contributed by atoms with E-state index in [9.17, 15) is 14.9 Å². The largest absolute Gasteiger partial charge is 0.383 e. The number of rotatable bonds is 7. The molecule has 0 spiro atoms. The second-order valence-corrected chi connectivity index (χ2v) is 11.6. The summed E-state index contributed by atoms with van der Waals surface area (Å²) in [6.07, 6.45) is 5.46. The van der Waals surface area contributed by atoms with Gasteiger partial charge in [0.05, 0.1) is 40.1 Å². The number of hydrogen-bond acceptors (Lipinski definition) is 8. The van der Waals surface area contributed by atoms with Gasteiger partial charge in [0.1, 0.15) is 17.8 Å². The Hall–Kier alpha value is -4.57. The lowest BCUT2D eigenvalue weighted by Crippen LogP contribution is -2.20. The molecule has 1 aromatic carbocycles. The third-order valence-electron chi connectivity index (χ3n) is 7.06. The topological polar surface area (TPSA) is 128 Å². The zero-order valence-electron chi connectivity index (χ0n) is 22.7. The Morgan fingerprint density at radius 2 is 1.90 bits per heavy atom. The zero-order chi connectivity index (χ0) is 27.9. The molecule has 0 saturated heterocycles. The molecule has 1 unspecified atom stereocenters. The van der Waals surface area contributed by atoms with Gasteiger partial charge in [-0.1, -0.05) is 32.1 Å². The van der Waals surface area contributed by atoms with Crippen molar-refractivity contribution in [1.29, 1.82) is 10.5 Å².